The minimum Gasteiger partial charge on any atom is -0.394 e. The summed E-state index contributed by atoms with van der Waals surface area (Å²) < 4.78 is 39.1. The van der Waals surface area contributed by atoms with E-state index in [2.05, 4.69) is 9.72 Å². The van der Waals surface area contributed by atoms with Crippen LogP contribution in [-0.4, -0.2) is 17.6 Å². The first-order chi connectivity index (χ1) is 7.39. The van der Waals surface area contributed by atoms with Gasteiger partial charge in [-0.15, -0.1) is 13.2 Å². The molecule has 0 aromatic carbocycles. The zero-order valence-electron chi connectivity index (χ0n) is 7.58. The van der Waals surface area contributed by atoms with E-state index in [1.54, 1.807) is 6.07 Å². The van der Waals surface area contributed by atoms with Crippen LogP contribution in [0.1, 0.15) is 15.9 Å². The highest BCUT2D eigenvalue weighted by Crippen LogP contribution is 2.29. The van der Waals surface area contributed by atoms with E-state index < -0.39 is 17.9 Å². The van der Waals surface area contributed by atoms with Crippen molar-refractivity contribution in [3.8, 4) is 11.9 Å². The summed E-state index contributed by atoms with van der Waals surface area (Å²) in [5, 5.41) is 8.53. The molecule has 8 heteroatoms. The summed E-state index contributed by atoms with van der Waals surface area (Å²) in [5.41, 5.74) is 3.99. The van der Waals surface area contributed by atoms with Crippen LogP contribution in [0.25, 0.3) is 0 Å². The molecule has 0 fully saturated rings. The molecule has 1 rings (SSSR count). The normalized spacial score (nSPS) is 10.6. The molecule has 0 unspecified atom stereocenters. The van der Waals surface area contributed by atoms with E-state index >= 15 is 0 Å². The quantitative estimate of drug-likeness (QED) is 0.773. The maximum atomic E-state index is 11.9. The van der Waals surface area contributed by atoms with Crippen LogP contribution in [0.4, 0.5) is 18.9 Å². The summed E-state index contributed by atoms with van der Waals surface area (Å²) >= 11 is 0. The fraction of sp³-hybridized carbons (Fsp3) is 0.125. The fourth-order valence-corrected chi connectivity index (χ4v) is 0.930. The van der Waals surface area contributed by atoms with Gasteiger partial charge in [-0.2, -0.15) is 5.26 Å². The Hall–Kier alpha value is -2.30. The number of alkyl halides is 3. The lowest BCUT2D eigenvalue weighted by molar-refractivity contribution is -0.275. The Morgan fingerprint density at radius 2 is 2.19 bits per heavy atom. The average Bonchev–Trinajstić information content (AvgIpc) is 2.19. The number of aromatic nitrogens is 1. The van der Waals surface area contributed by atoms with E-state index in [0.717, 1.165) is 6.20 Å². The van der Waals surface area contributed by atoms with Crippen LogP contribution in [0, 0.1) is 11.3 Å². The van der Waals surface area contributed by atoms with Crippen molar-refractivity contribution in [2.45, 2.75) is 6.36 Å². The highest BCUT2D eigenvalue weighted by molar-refractivity contribution is 5.88. The minimum absolute atomic E-state index is 0.165. The molecule has 0 spiro atoms. The first-order valence-corrected chi connectivity index (χ1v) is 3.78. The van der Waals surface area contributed by atoms with E-state index in [0.29, 0.717) is 0 Å². The zero-order chi connectivity index (χ0) is 12.3. The number of aldehydes is 1. The van der Waals surface area contributed by atoms with Crippen LogP contribution in [-0.2, 0) is 0 Å². The van der Waals surface area contributed by atoms with Gasteiger partial charge in [0, 0.05) is 6.20 Å². The number of hydrogen-bond acceptors (Lipinski definition) is 5. The summed E-state index contributed by atoms with van der Waals surface area (Å²) in [6.45, 7) is 0. The van der Waals surface area contributed by atoms with E-state index in [9.17, 15) is 18.0 Å². The van der Waals surface area contributed by atoms with Crippen LogP contribution >= 0.6 is 0 Å². The molecule has 1 aromatic heterocycles. The third-order valence-electron chi connectivity index (χ3n) is 1.57. The first-order valence-electron chi connectivity index (χ1n) is 3.78. The summed E-state index contributed by atoms with van der Waals surface area (Å²) in [4.78, 5) is 13.7. The molecule has 5 nitrogen and oxygen atoms in total. The smallest absolute Gasteiger partial charge is 0.394 e. The molecule has 0 bridgehead atoms. The number of nitrogens with zero attached hydrogens (tertiary/aromatic N) is 2. The van der Waals surface area contributed by atoms with Gasteiger partial charge < -0.3 is 10.5 Å². The Bertz CT molecular complexity index is 465. The van der Waals surface area contributed by atoms with Gasteiger partial charge in [0.25, 0.3) is 0 Å². The SMILES string of the molecule is N#Cc1cnc(OC(F)(F)F)c(N)c1C=O. The molecule has 2 N–H and O–H groups in total. The van der Waals surface area contributed by atoms with Crippen molar-refractivity contribution < 1.29 is 22.7 Å². The average molecular weight is 231 g/mol. The molecule has 0 aliphatic heterocycles. The number of halogens is 3. The highest BCUT2D eigenvalue weighted by Gasteiger charge is 2.33. The van der Waals surface area contributed by atoms with E-state index in [4.69, 9.17) is 11.0 Å². The van der Waals surface area contributed by atoms with Crippen molar-refractivity contribution in [2.24, 2.45) is 0 Å². The maximum absolute atomic E-state index is 11.9. The maximum Gasteiger partial charge on any atom is 0.574 e. The van der Waals surface area contributed by atoms with Crippen LogP contribution in [0.3, 0.4) is 0 Å². The standard InChI is InChI=1S/C8H4F3N3O2/c9-8(10,11)16-7-6(13)5(3-15)4(1-12)2-14-7/h2-3H,13H2. The van der Waals surface area contributed by atoms with Gasteiger partial charge in [-0.05, 0) is 0 Å². The highest BCUT2D eigenvalue weighted by atomic mass is 19.4. The Balaban J connectivity index is 3.26. The van der Waals surface area contributed by atoms with Gasteiger partial charge in [0.15, 0.2) is 6.29 Å². The molecule has 84 valence electrons. The predicted molar refractivity (Wildman–Crippen MR) is 45.4 cm³/mol. The molecule has 0 aliphatic rings. The van der Waals surface area contributed by atoms with Gasteiger partial charge in [-0.25, -0.2) is 4.98 Å². The van der Waals surface area contributed by atoms with Gasteiger partial charge in [0.05, 0.1) is 11.1 Å². The van der Waals surface area contributed by atoms with Gasteiger partial charge in [-0.3, -0.25) is 4.79 Å². The van der Waals surface area contributed by atoms with E-state index in [-0.39, 0.29) is 17.4 Å². The Morgan fingerprint density at radius 1 is 1.56 bits per heavy atom. The number of rotatable bonds is 2. The minimum atomic E-state index is -4.96. The Labute approximate surface area is 87.3 Å². The van der Waals surface area contributed by atoms with Crippen molar-refractivity contribution in [1.29, 1.82) is 5.26 Å². The molecule has 0 aliphatic carbocycles. The second-order valence-corrected chi connectivity index (χ2v) is 2.58. The largest absolute Gasteiger partial charge is 0.574 e. The molecule has 0 saturated heterocycles. The fourth-order valence-electron chi connectivity index (χ4n) is 0.930. The van der Waals surface area contributed by atoms with E-state index in [1.165, 1.54) is 0 Å². The second kappa shape index (κ2) is 4.06. The molecular weight excluding hydrogens is 227 g/mol. The number of hydrogen-bond donors (Lipinski definition) is 1. The third-order valence-corrected chi connectivity index (χ3v) is 1.57. The van der Waals surface area contributed by atoms with Crippen LogP contribution < -0.4 is 10.5 Å². The second-order valence-electron chi connectivity index (χ2n) is 2.58. The van der Waals surface area contributed by atoms with Crippen LogP contribution in [0.15, 0.2) is 6.20 Å². The summed E-state index contributed by atoms with van der Waals surface area (Å²) in [7, 11) is 0. The van der Waals surface area contributed by atoms with Crippen molar-refractivity contribution >= 4 is 12.0 Å². The molecule has 16 heavy (non-hydrogen) atoms. The molecular formula is C8H4F3N3O2. The van der Waals surface area contributed by atoms with E-state index in [1.807, 2.05) is 0 Å². The number of carbonyl (C=O) groups excluding carboxylic acids is 1. The number of anilines is 1. The molecule has 0 saturated carbocycles. The Kier molecular flexibility index (Phi) is 2.99. The molecule has 0 amide bonds. The molecule has 1 heterocycles. The number of carbonyl (C=O) groups is 1. The Morgan fingerprint density at radius 3 is 2.62 bits per heavy atom. The molecule has 0 atom stereocenters. The van der Waals surface area contributed by atoms with Gasteiger partial charge in [0.1, 0.15) is 11.8 Å². The van der Waals surface area contributed by atoms with Crippen molar-refractivity contribution in [3.05, 3.63) is 17.3 Å². The first kappa shape index (κ1) is 11.8. The van der Waals surface area contributed by atoms with Crippen molar-refractivity contribution in [3.63, 3.8) is 0 Å². The van der Waals surface area contributed by atoms with Crippen molar-refractivity contribution in [1.82, 2.24) is 4.98 Å². The lowest BCUT2D eigenvalue weighted by Crippen LogP contribution is -2.19. The van der Waals surface area contributed by atoms with Crippen LogP contribution in [0.5, 0.6) is 5.88 Å². The lowest BCUT2D eigenvalue weighted by atomic mass is 10.1. The van der Waals surface area contributed by atoms with Crippen LogP contribution in [0.2, 0.25) is 0 Å². The predicted octanol–water partition coefficient (Wildman–Crippen LogP) is 1.25. The van der Waals surface area contributed by atoms with Gasteiger partial charge in [-0.1, -0.05) is 0 Å². The number of nitrogen functional groups attached to an aromatic ring is 1. The molecule has 0 radical (unpaired) electrons. The van der Waals surface area contributed by atoms with Crippen molar-refractivity contribution in [2.75, 3.05) is 5.73 Å². The summed E-state index contributed by atoms with van der Waals surface area (Å²) in [5.74, 6) is -0.950. The topological polar surface area (TPSA) is 89.0 Å². The number of ether oxygens (including phenoxy) is 1. The number of nitriles is 1. The summed E-state index contributed by atoms with van der Waals surface area (Å²) in [6, 6.07) is 1.57. The third kappa shape index (κ3) is 2.38. The lowest BCUT2D eigenvalue weighted by Gasteiger charge is -2.11. The zero-order valence-corrected chi connectivity index (χ0v) is 7.58. The number of nitrogens with two attached hydrogens (primary N) is 1. The van der Waals surface area contributed by atoms with Gasteiger partial charge >= 0.3 is 6.36 Å². The number of pyridine rings is 1. The summed E-state index contributed by atoms with van der Waals surface area (Å²) in [6.07, 6.45) is -4.02. The molecule has 1 aromatic rings. The van der Waals surface area contributed by atoms with Gasteiger partial charge in [0.2, 0.25) is 5.88 Å². The monoisotopic (exact) mass is 231 g/mol.